The van der Waals surface area contributed by atoms with Gasteiger partial charge in [-0.1, -0.05) is 0 Å². The summed E-state index contributed by atoms with van der Waals surface area (Å²) in [5, 5.41) is 2.80. The number of ether oxygens (including phenoxy) is 1. The molecule has 0 heterocycles. The van der Waals surface area contributed by atoms with Crippen molar-refractivity contribution >= 4 is 11.8 Å². The molecule has 0 unspecified atom stereocenters. The van der Waals surface area contributed by atoms with E-state index in [1.54, 1.807) is 11.8 Å². The summed E-state index contributed by atoms with van der Waals surface area (Å²) in [6, 6.07) is 0.326. The number of nitrogens with one attached hydrogen (secondary N) is 1. The average Bonchev–Trinajstić information content (AvgIpc) is 2.93. The van der Waals surface area contributed by atoms with E-state index in [0.717, 1.165) is 18.6 Å². The largest absolute Gasteiger partial charge is 0.374 e. The maximum Gasteiger partial charge on any atom is 0.283 e. The Morgan fingerprint density at radius 3 is 2.79 bits per heavy atom. The van der Waals surface area contributed by atoms with Crippen LogP contribution in [0.15, 0.2) is 0 Å². The third-order valence-electron chi connectivity index (χ3n) is 1.97. The van der Waals surface area contributed by atoms with E-state index in [4.69, 9.17) is 4.74 Å². The van der Waals surface area contributed by atoms with Crippen LogP contribution < -0.4 is 5.32 Å². The SMILES string of the molecule is CSCCOCC(F)(F)CNC1CC1. The fourth-order valence-electron chi connectivity index (χ4n) is 0.996. The van der Waals surface area contributed by atoms with Crippen molar-refractivity contribution in [3.05, 3.63) is 0 Å². The first-order valence-electron chi connectivity index (χ1n) is 4.82. The van der Waals surface area contributed by atoms with Crippen LogP contribution in [0.4, 0.5) is 8.78 Å². The minimum absolute atomic E-state index is 0.253. The van der Waals surface area contributed by atoms with E-state index in [0.29, 0.717) is 12.6 Å². The lowest BCUT2D eigenvalue weighted by atomic mass is 10.3. The van der Waals surface area contributed by atoms with Gasteiger partial charge < -0.3 is 10.1 Å². The first-order valence-corrected chi connectivity index (χ1v) is 6.21. The summed E-state index contributed by atoms with van der Waals surface area (Å²) in [5.41, 5.74) is 0. The Kier molecular flexibility index (Phi) is 5.12. The van der Waals surface area contributed by atoms with Gasteiger partial charge in [-0.25, -0.2) is 8.78 Å². The van der Waals surface area contributed by atoms with Crippen LogP contribution in [0.3, 0.4) is 0 Å². The van der Waals surface area contributed by atoms with Crippen LogP contribution >= 0.6 is 11.8 Å². The number of alkyl halides is 2. The Balaban J connectivity index is 1.99. The quantitative estimate of drug-likeness (QED) is 0.636. The fourth-order valence-corrected chi connectivity index (χ4v) is 1.28. The second-order valence-electron chi connectivity index (χ2n) is 3.56. The maximum absolute atomic E-state index is 13.0. The van der Waals surface area contributed by atoms with Crippen molar-refractivity contribution in [3.63, 3.8) is 0 Å². The summed E-state index contributed by atoms with van der Waals surface area (Å²) in [6.45, 7) is -0.315. The molecule has 0 amide bonds. The van der Waals surface area contributed by atoms with Crippen LogP contribution in [0, 0.1) is 0 Å². The Morgan fingerprint density at radius 1 is 1.50 bits per heavy atom. The van der Waals surface area contributed by atoms with Gasteiger partial charge in [-0.2, -0.15) is 11.8 Å². The molecule has 0 aliphatic heterocycles. The van der Waals surface area contributed by atoms with Gasteiger partial charge >= 0.3 is 0 Å². The lowest BCUT2D eigenvalue weighted by molar-refractivity contribution is -0.0717. The summed E-state index contributed by atoms with van der Waals surface area (Å²) in [7, 11) is 0. The van der Waals surface area contributed by atoms with Crippen molar-refractivity contribution in [1.82, 2.24) is 5.32 Å². The molecule has 0 spiro atoms. The van der Waals surface area contributed by atoms with Crippen molar-refractivity contribution in [1.29, 1.82) is 0 Å². The highest BCUT2D eigenvalue weighted by atomic mass is 32.2. The molecule has 1 aliphatic carbocycles. The van der Waals surface area contributed by atoms with E-state index in [1.807, 2.05) is 6.26 Å². The number of thioether (sulfide) groups is 1. The summed E-state index contributed by atoms with van der Waals surface area (Å²) in [4.78, 5) is 0. The molecule has 0 radical (unpaired) electrons. The van der Waals surface area contributed by atoms with Crippen molar-refractivity contribution in [2.75, 3.05) is 31.8 Å². The Hall–Kier alpha value is 0.130. The number of hydrogen-bond donors (Lipinski definition) is 1. The molecule has 0 atom stereocenters. The molecule has 14 heavy (non-hydrogen) atoms. The standard InChI is InChI=1S/C9H17F2NOS/c1-14-5-4-13-7-9(10,11)6-12-8-2-3-8/h8,12H,2-7H2,1H3. The molecule has 0 bridgehead atoms. The lowest BCUT2D eigenvalue weighted by Crippen LogP contribution is -2.38. The highest BCUT2D eigenvalue weighted by Crippen LogP contribution is 2.21. The van der Waals surface area contributed by atoms with E-state index in [2.05, 4.69) is 5.32 Å². The number of rotatable bonds is 8. The molecule has 0 aromatic carbocycles. The van der Waals surface area contributed by atoms with Gasteiger partial charge in [-0.15, -0.1) is 0 Å². The zero-order valence-electron chi connectivity index (χ0n) is 8.39. The zero-order chi connectivity index (χ0) is 10.4. The van der Waals surface area contributed by atoms with E-state index in [1.165, 1.54) is 0 Å². The first-order chi connectivity index (χ1) is 6.64. The maximum atomic E-state index is 13.0. The predicted molar refractivity (Wildman–Crippen MR) is 55.2 cm³/mol. The van der Waals surface area contributed by atoms with Crippen LogP contribution in [0.2, 0.25) is 0 Å². The van der Waals surface area contributed by atoms with E-state index >= 15 is 0 Å². The van der Waals surface area contributed by atoms with Gasteiger partial charge in [0.05, 0.1) is 13.2 Å². The van der Waals surface area contributed by atoms with Crippen molar-refractivity contribution < 1.29 is 13.5 Å². The summed E-state index contributed by atoms with van der Waals surface area (Å²) in [5.74, 6) is -1.95. The topological polar surface area (TPSA) is 21.3 Å². The smallest absolute Gasteiger partial charge is 0.283 e. The number of halogens is 2. The second-order valence-corrected chi connectivity index (χ2v) is 4.54. The summed E-state index contributed by atoms with van der Waals surface area (Å²) in [6.07, 6.45) is 3.99. The normalized spacial score (nSPS) is 17.4. The molecular weight excluding hydrogens is 208 g/mol. The van der Waals surface area contributed by atoms with Gasteiger partial charge in [-0.05, 0) is 19.1 Å². The van der Waals surface area contributed by atoms with Crippen LogP contribution in [0.1, 0.15) is 12.8 Å². The second kappa shape index (κ2) is 5.88. The third kappa shape index (κ3) is 5.78. The summed E-state index contributed by atoms with van der Waals surface area (Å²) >= 11 is 1.59. The zero-order valence-corrected chi connectivity index (χ0v) is 9.21. The fraction of sp³-hybridized carbons (Fsp3) is 1.00. The molecular formula is C9H17F2NOS. The molecule has 1 N–H and O–H groups in total. The molecule has 1 rings (SSSR count). The molecule has 1 fully saturated rings. The van der Waals surface area contributed by atoms with Crippen molar-refractivity contribution in [2.24, 2.45) is 0 Å². The van der Waals surface area contributed by atoms with Gasteiger partial charge in [0.25, 0.3) is 5.92 Å². The average molecular weight is 225 g/mol. The highest BCUT2D eigenvalue weighted by Gasteiger charge is 2.32. The van der Waals surface area contributed by atoms with Gasteiger partial charge in [-0.3, -0.25) is 0 Å². The Labute approximate surface area is 87.8 Å². The summed E-state index contributed by atoms with van der Waals surface area (Å²) < 4.78 is 31.0. The molecule has 1 saturated carbocycles. The van der Waals surface area contributed by atoms with E-state index in [9.17, 15) is 8.78 Å². The Morgan fingerprint density at radius 2 is 2.21 bits per heavy atom. The first kappa shape index (κ1) is 12.2. The van der Waals surface area contributed by atoms with Crippen LogP contribution in [0.25, 0.3) is 0 Å². The molecule has 2 nitrogen and oxygen atoms in total. The molecule has 0 saturated heterocycles. The molecule has 0 aromatic heterocycles. The minimum atomic E-state index is -2.72. The molecule has 1 aliphatic rings. The van der Waals surface area contributed by atoms with Gasteiger partial charge in [0, 0.05) is 11.8 Å². The van der Waals surface area contributed by atoms with Crippen LogP contribution in [-0.4, -0.2) is 43.7 Å². The minimum Gasteiger partial charge on any atom is -0.374 e. The van der Waals surface area contributed by atoms with Gasteiger partial charge in [0.1, 0.15) is 6.61 Å². The Bertz CT molecular complexity index is 165. The van der Waals surface area contributed by atoms with E-state index < -0.39 is 12.5 Å². The molecule has 84 valence electrons. The number of hydrogen-bond acceptors (Lipinski definition) is 3. The van der Waals surface area contributed by atoms with Crippen LogP contribution in [0.5, 0.6) is 0 Å². The monoisotopic (exact) mass is 225 g/mol. The van der Waals surface area contributed by atoms with Crippen molar-refractivity contribution in [3.8, 4) is 0 Å². The lowest BCUT2D eigenvalue weighted by Gasteiger charge is -2.16. The van der Waals surface area contributed by atoms with E-state index in [-0.39, 0.29) is 6.54 Å². The third-order valence-corrected chi connectivity index (χ3v) is 2.55. The highest BCUT2D eigenvalue weighted by molar-refractivity contribution is 7.98. The van der Waals surface area contributed by atoms with Gasteiger partial charge in [0.2, 0.25) is 0 Å². The van der Waals surface area contributed by atoms with Crippen LogP contribution in [-0.2, 0) is 4.74 Å². The molecule has 5 heteroatoms. The van der Waals surface area contributed by atoms with Crippen molar-refractivity contribution in [2.45, 2.75) is 24.8 Å². The molecule has 0 aromatic rings. The van der Waals surface area contributed by atoms with Gasteiger partial charge in [0.15, 0.2) is 0 Å². The predicted octanol–water partition coefficient (Wildman–Crippen LogP) is 1.75.